The summed E-state index contributed by atoms with van der Waals surface area (Å²) in [5.74, 6) is -0.196. The van der Waals surface area contributed by atoms with Gasteiger partial charge in [0, 0.05) is 25.1 Å². The Kier molecular flexibility index (Phi) is 4.66. The van der Waals surface area contributed by atoms with E-state index < -0.39 is 11.6 Å². The Balaban J connectivity index is 1.72. The van der Waals surface area contributed by atoms with Crippen LogP contribution in [0.15, 0.2) is 24.3 Å². The van der Waals surface area contributed by atoms with Crippen molar-refractivity contribution in [3.05, 3.63) is 47.2 Å². The summed E-state index contributed by atoms with van der Waals surface area (Å²) < 4.78 is 26.2. The zero-order valence-corrected chi connectivity index (χ0v) is 12.5. The van der Waals surface area contributed by atoms with Crippen LogP contribution in [-0.4, -0.2) is 28.2 Å². The van der Waals surface area contributed by atoms with E-state index in [4.69, 9.17) is 5.11 Å². The average Bonchev–Trinajstić information content (AvgIpc) is 3.39. The molecule has 1 saturated carbocycles. The van der Waals surface area contributed by atoms with E-state index in [1.165, 1.54) is 6.07 Å². The molecule has 1 aromatic carbocycles. The lowest BCUT2D eigenvalue weighted by Gasteiger charge is -2.11. The van der Waals surface area contributed by atoms with E-state index in [2.05, 4.69) is 20.6 Å². The first-order valence-corrected chi connectivity index (χ1v) is 7.57. The maximum atomic E-state index is 13.2. The molecule has 1 aliphatic rings. The Morgan fingerprint density at radius 1 is 1.09 bits per heavy atom. The molecule has 3 rings (SSSR count). The average molecular weight is 320 g/mol. The number of nitrogens with zero attached hydrogens (tertiary/aromatic N) is 2. The minimum absolute atomic E-state index is 0.00532. The van der Waals surface area contributed by atoms with Crippen molar-refractivity contribution < 1.29 is 13.9 Å². The fourth-order valence-electron chi connectivity index (χ4n) is 2.23. The third-order valence-corrected chi connectivity index (χ3v) is 3.59. The number of halogens is 2. The molecule has 122 valence electrons. The molecule has 1 fully saturated rings. The Hall–Kier alpha value is -2.28. The maximum Gasteiger partial charge on any atom is 0.224 e. The normalized spacial score (nSPS) is 13.9. The molecule has 0 bridgehead atoms. The predicted octanol–water partition coefficient (Wildman–Crippen LogP) is 2.65. The minimum atomic E-state index is -0.865. The van der Waals surface area contributed by atoms with Crippen molar-refractivity contribution in [2.75, 3.05) is 23.8 Å². The minimum Gasteiger partial charge on any atom is -0.395 e. The van der Waals surface area contributed by atoms with Crippen LogP contribution in [0.1, 0.15) is 30.0 Å². The molecule has 1 aromatic heterocycles. The summed E-state index contributed by atoms with van der Waals surface area (Å²) >= 11 is 0. The third kappa shape index (κ3) is 4.13. The Labute approximate surface area is 132 Å². The first-order chi connectivity index (χ1) is 11.2. The quantitative estimate of drug-likeness (QED) is 0.732. The molecule has 0 atom stereocenters. The zero-order valence-electron chi connectivity index (χ0n) is 12.5. The molecule has 1 heterocycles. The van der Waals surface area contributed by atoms with Gasteiger partial charge in [-0.05, 0) is 30.5 Å². The van der Waals surface area contributed by atoms with Gasteiger partial charge in [-0.1, -0.05) is 6.07 Å². The molecule has 0 saturated heterocycles. The molecule has 0 aliphatic heterocycles. The highest BCUT2D eigenvalue weighted by atomic mass is 19.2. The molecule has 23 heavy (non-hydrogen) atoms. The molecule has 1 aliphatic carbocycles. The van der Waals surface area contributed by atoms with E-state index in [-0.39, 0.29) is 6.61 Å². The van der Waals surface area contributed by atoms with Crippen LogP contribution in [0.3, 0.4) is 0 Å². The molecule has 0 amide bonds. The number of benzene rings is 1. The summed E-state index contributed by atoms with van der Waals surface area (Å²) in [5, 5.41) is 14.9. The zero-order chi connectivity index (χ0) is 16.2. The van der Waals surface area contributed by atoms with Crippen molar-refractivity contribution in [2.45, 2.75) is 25.3 Å². The largest absolute Gasteiger partial charge is 0.395 e. The van der Waals surface area contributed by atoms with Crippen LogP contribution in [0, 0.1) is 11.6 Å². The van der Waals surface area contributed by atoms with Gasteiger partial charge in [-0.2, -0.15) is 4.98 Å². The number of rotatable bonds is 7. The van der Waals surface area contributed by atoms with E-state index >= 15 is 0 Å². The maximum absolute atomic E-state index is 13.2. The van der Waals surface area contributed by atoms with Crippen LogP contribution in [0.4, 0.5) is 20.5 Å². The van der Waals surface area contributed by atoms with Crippen molar-refractivity contribution in [1.82, 2.24) is 9.97 Å². The smallest absolute Gasteiger partial charge is 0.224 e. The molecular weight excluding hydrogens is 302 g/mol. The van der Waals surface area contributed by atoms with Gasteiger partial charge in [0.2, 0.25) is 5.95 Å². The van der Waals surface area contributed by atoms with Crippen LogP contribution in [0.5, 0.6) is 0 Å². The summed E-state index contributed by atoms with van der Waals surface area (Å²) in [7, 11) is 0. The van der Waals surface area contributed by atoms with E-state index in [0.717, 1.165) is 30.7 Å². The lowest BCUT2D eigenvalue weighted by molar-refractivity contribution is 0.311. The second-order valence-corrected chi connectivity index (χ2v) is 5.53. The second kappa shape index (κ2) is 6.87. The van der Waals surface area contributed by atoms with Gasteiger partial charge in [0.1, 0.15) is 5.82 Å². The van der Waals surface area contributed by atoms with Gasteiger partial charge >= 0.3 is 0 Å². The predicted molar refractivity (Wildman–Crippen MR) is 83.3 cm³/mol. The van der Waals surface area contributed by atoms with Crippen molar-refractivity contribution in [1.29, 1.82) is 0 Å². The molecule has 7 heteroatoms. The molecule has 0 spiro atoms. The van der Waals surface area contributed by atoms with Crippen LogP contribution in [0.2, 0.25) is 0 Å². The third-order valence-electron chi connectivity index (χ3n) is 3.59. The van der Waals surface area contributed by atoms with Crippen molar-refractivity contribution in [2.24, 2.45) is 0 Å². The topological polar surface area (TPSA) is 70.1 Å². The molecule has 0 unspecified atom stereocenters. The summed E-state index contributed by atoms with van der Waals surface area (Å²) in [6, 6.07) is 5.67. The first kappa shape index (κ1) is 15.6. The SMILES string of the molecule is OCCNc1nc(NCc2ccc(F)c(F)c2)cc(C2CC2)n1. The van der Waals surface area contributed by atoms with Gasteiger partial charge in [-0.25, -0.2) is 13.8 Å². The van der Waals surface area contributed by atoms with Crippen LogP contribution in [0.25, 0.3) is 0 Å². The number of aliphatic hydroxyl groups is 1. The second-order valence-electron chi connectivity index (χ2n) is 5.53. The van der Waals surface area contributed by atoms with E-state index in [0.29, 0.717) is 36.3 Å². The molecular formula is C16H18F2N4O. The van der Waals surface area contributed by atoms with Gasteiger partial charge < -0.3 is 15.7 Å². The number of aliphatic hydroxyl groups excluding tert-OH is 1. The lowest BCUT2D eigenvalue weighted by atomic mass is 10.2. The number of hydrogen-bond donors (Lipinski definition) is 3. The van der Waals surface area contributed by atoms with Crippen LogP contribution >= 0.6 is 0 Å². The monoisotopic (exact) mass is 320 g/mol. The van der Waals surface area contributed by atoms with E-state index in [9.17, 15) is 8.78 Å². The number of hydrogen-bond acceptors (Lipinski definition) is 5. The van der Waals surface area contributed by atoms with Crippen LogP contribution in [-0.2, 0) is 6.54 Å². The Bertz CT molecular complexity index is 692. The van der Waals surface area contributed by atoms with E-state index in [1.807, 2.05) is 6.07 Å². The highest BCUT2D eigenvalue weighted by molar-refractivity contribution is 5.44. The van der Waals surface area contributed by atoms with Crippen molar-refractivity contribution >= 4 is 11.8 Å². The summed E-state index contributed by atoms with van der Waals surface area (Å²) in [6.07, 6.45) is 2.22. The summed E-state index contributed by atoms with van der Waals surface area (Å²) in [6.45, 7) is 0.698. The van der Waals surface area contributed by atoms with Gasteiger partial charge in [-0.3, -0.25) is 0 Å². The van der Waals surface area contributed by atoms with Gasteiger partial charge in [0.15, 0.2) is 11.6 Å². The molecule has 5 nitrogen and oxygen atoms in total. The van der Waals surface area contributed by atoms with Gasteiger partial charge in [-0.15, -0.1) is 0 Å². The highest BCUT2D eigenvalue weighted by Gasteiger charge is 2.26. The Morgan fingerprint density at radius 2 is 1.91 bits per heavy atom. The Morgan fingerprint density at radius 3 is 2.61 bits per heavy atom. The molecule has 3 N–H and O–H groups in total. The first-order valence-electron chi connectivity index (χ1n) is 7.57. The van der Waals surface area contributed by atoms with Crippen molar-refractivity contribution in [3.8, 4) is 0 Å². The van der Waals surface area contributed by atoms with Gasteiger partial charge in [0.25, 0.3) is 0 Å². The highest BCUT2D eigenvalue weighted by Crippen LogP contribution is 2.39. The number of aromatic nitrogens is 2. The fourth-order valence-corrected chi connectivity index (χ4v) is 2.23. The standard InChI is InChI=1S/C16H18F2N4O/c17-12-4-1-10(7-13(12)18)9-20-15-8-14(11-2-3-11)21-16(22-15)19-5-6-23/h1,4,7-8,11,23H,2-3,5-6,9H2,(H2,19,20,21,22). The van der Waals surface area contributed by atoms with Crippen molar-refractivity contribution in [3.63, 3.8) is 0 Å². The number of anilines is 2. The summed E-state index contributed by atoms with van der Waals surface area (Å²) in [5.41, 5.74) is 1.58. The van der Waals surface area contributed by atoms with Gasteiger partial charge in [0.05, 0.1) is 12.3 Å². The van der Waals surface area contributed by atoms with E-state index in [1.54, 1.807) is 0 Å². The summed E-state index contributed by atoms with van der Waals surface area (Å²) in [4.78, 5) is 8.75. The van der Waals surface area contributed by atoms with Crippen LogP contribution < -0.4 is 10.6 Å². The lowest BCUT2D eigenvalue weighted by Crippen LogP contribution is -2.11. The fraction of sp³-hybridized carbons (Fsp3) is 0.375. The molecule has 0 radical (unpaired) electrons. The molecule has 2 aromatic rings. The number of nitrogens with one attached hydrogen (secondary N) is 2.